The number of nitrogen functional groups attached to an aromatic ring is 1. The van der Waals surface area contributed by atoms with E-state index in [9.17, 15) is 0 Å². The molecule has 0 atom stereocenters. The maximum Gasteiger partial charge on any atom is 0.236 e. The molecule has 3 rings (SSSR count). The normalized spacial score (nSPS) is 10.3. The summed E-state index contributed by atoms with van der Waals surface area (Å²) < 4.78 is 0. The van der Waals surface area contributed by atoms with Gasteiger partial charge in [-0.05, 0) is 24.3 Å². The Morgan fingerprint density at radius 2 is 1.04 bits per heavy atom. The van der Waals surface area contributed by atoms with Crippen molar-refractivity contribution in [3.05, 3.63) is 60.7 Å². The van der Waals surface area contributed by atoms with Crippen LogP contribution in [0.2, 0.25) is 0 Å². The van der Waals surface area contributed by atoms with Crippen LogP contribution in [0, 0.1) is 0 Å². The maximum absolute atomic E-state index is 5.88. The van der Waals surface area contributed by atoms with Crippen molar-refractivity contribution in [3.8, 4) is 0 Å². The first kappa shape index (κ1) is 14.8. The van der Waals surface area contributed by atoms with Crippen molar-refractivity contribution in [3.63, 3.8) is 0 Å². The molecule has 0 spiro atoms. The number of anilines is 5. The van der Waals surface area contributed by atoms with Crippen molar-refractivity contribution in [1.82, 2.24) is 15.0 Å². The van der Waals surface area contributed by atoms with E-state index in [4.69, 9.17) is 5.73 Å². The van der Waals surface area contributed by atoms with Crippen molar-refractivity contribution in [2.45, 2.75) is 0 Å². The largest absolute Gasteiger partial charge is 0.368 e. The Morgan fingerprint density at radius 3 is 1.43 bits per heavy atom. The van der Waals surface area contributed by atoms with Gasteiger partial charge in [0.05, 0.1) is 0 Å². The van der Waals surface area contributed by atoms with E-state index in [1.807, 2.05) is 84.6 Å². The third kappa shape index (κ3) is 3.21. The fourth-order valence-electron chi connectivity index (χ4n) is 2.20. The number of benzene rings is 2. The van der Waals surface area contributed by atoms with E-state index in [0.29, 0.717) is 11.9 Å². The molecule has 1 aromatic heterocycles. The molecular formula is C17H18N6. The second kappa shape index (κ2) is 6.31. The molecule has 0 unspecified atom stereocenters. The molecule has 0 aliphatic carbocycles. The van der Waals surface area contributed by atoms with Gasteiger partial charge in [0.15, 0.2) is 0 Å². The summed E-state index contributed by atoms with van der Waals surface area (Å²) in [6, 6.07) is 19.7. The molecule has 3 aromatic rings. The zero-order valence-electron chi connectivity index (χ0n) is 13.1. The van der Waals surface area contributed by atoms with Crippen LogP contribution in [-0.4, -0.2) is 29.0 Å². The summed E-state index contributed by atoms with van der Waals surface area (Å²) in [6.45, 7) is 0. The Labute approximate surface area is 135 Å². The van der Waals surface area contributed by atoms with Gasteiger partial charge in [-0.25, -0.2) is 0 Å². The second-order valence-corrected chi connectivity index (χ2v) is 5.08. The van der Waals surface area contributed by atoms with Crippen molar-refractivity contribution in [2.24, 2.45) is 0 Å². The zero-order chi connectivity index (χ0) is 16.2. The quantitative estimate of drug-likeness (QED) is 0.799. The van der Waals surface area contributed by atoms with Crippen LogP contribution in [0.3, 0.4) is 0 Å². The first-order valence-electron chi connectivity index (χ1n) is 7.24. The summed E-state index contributed by atoms with van der Waals surface area (Å²) in [4.78, 5) is 16.8. The molecule has 6 nitrogen and oxygen atoms in total. The summed E-state index contributed by atoms with van der Waals surface area (Å²) in [5.41, 5.74) is 7.83. The van der Waals surface area contributed by atoms with Gasteiger partial charge in [-0.1, -0.05) is 36.4 Å². The van der Waals surface area contributed by atoms with Crippen molar-refractivity contribution in [1.29, 1.82) is 0 Å². The molecule has 23 heavy (non-hydrogen) atoms. The van der Waals surface area contributed by atoms with Crippen LogP contribution in [-0.2, 0) is 0 Å². The molecule has 0 amide bonds. The number of hydrogen-bond donors (Lipinski definition) is 1. The Bertz CT molecular complexity index is 712. The van der Waals surface area contributed by atoms with Crippen LogP contribution in [0.4, 0.5) is 29.2 Å². The first-order chi connectivity index (χ1) is 11.1. The summed E-state index contributed by atoms with van der Waals surface area (Å²) in [5.74, 6) is 1.19. The summed E-state index contributed by atoms with van der Waals surface area (Å²) in [6.07, 6.45) is 0. The third-order valence-corrected chi connectivity index (χ3v) is 3.52. The van der Waals surface area contributed by atoms with Gasteiger partial charge < -0.3 is 15.5 Å². The molecule has 0 bridgehead atoms. The molecule has 2 N–H and O–H groups in total. The Balaban J connectivity index is 1.96. The summed E-state index contributed by atoms with van der Waals surface area (Å²) >= 11 is 0. The number of hydrogen-bond acceptors (Lipinski definition) is 6. The minimum Gasteiger partial charge on any atom is -0.368 e. The lowest BCUT2D eigenvalue weighted by molar-refractivity contribution is 0.960. The Kier molecular flexibility index (Phi) is 4.05. The fourth-order valence-corrected chi connectivity index (χ4v) is 2.20. The standard InChI is InChI=1S/C17H18N6/c1-22(13-9-5-3-6-10-13)16-19-15(18)20-17(21-16)23(2)14-11-7-4-8-12-14/h3-12H,1-2H3,(H2,18,19,20,21). The van der Waals surface area contributed by atoms with Crippen molar-refractivity contribution < 1.29 is 0 Å². The molecule has 6 heteroatoms. The van der Waals surface area contributed by atoms with E-state index in [1.165, 1.54) is 0 Å². The fraction of sp³-hybridized carbons (Fsp3) is 0.118. The molecule has 0 aliphatic rings. The van der Waals surface area contributed by atoms with Crippen LogP contribution in [0.25, 0.3) is 0 Å². The Hall–Kier alpha value is -3.15. The number of nitrogens with zero attached hydrogens (tertiary/aromatic N) is 5. The van der Waals surface area contributed by atoms with E-state index in [1.54, 1.807) is 0 Å². The van der Waals surface area contributed by atoms with Crippen LogP contribution in [0.5, 0.6) is 0 Å². The average molecular weight is 306 g/mol. The van der Waals surface area contributed by atoms with Crippen LogP contribution < -0.4 is 15.5 Å². The monoisotopic (exact) mass is 306 g/mol. The SMILES string of the molecule is CN(c1ccccc1)c1nc(N)nc(N(C)c2ccccc2)n1. The van der Waals surface area contributed by atoms with Gasteiger partial charge in [0.25, 0.3) is 0 Å². The molecule has 0 radical (unpaired) electrons. The van der Waals surface area contributed by atoms with E-state index in [2.05, 4.69) is 15.0 Å². The lowest BCUT2D eigenvalue weighted by Gasteiger charge is -2.21. The van der Waals surface area contributed by atoms with E-state index < -0.39 is 0 Å². The smallest absolute Gasteiger partial charge is 0.236 e. The van der Waals surface area contributed by atoms with Crippen LogP contribution >= 0.6 is 0 Å². The Morgan fingerprint density at radius 1 is 0.652 bits per heavy atom. The van der Waals surface area contributed by atoms with Crippen molar-refractivity contribution >= 4 is 29.2 Å². The van der Waals surface area contributed by atoms with Crippen molar-refractivity contribution in [2.75, 3.05) is 29.6 Å². The second-order valence-electron chi connectivity index (χ2n) is 5.08. The van der Waals surface area contributed by atoms with Crippen LogP contribution in [0.1, 0.15) is 0 Å². The van der Waals surface area contributed by atoms with Gasteiger partial charge in [-0.3, -0.25) is 0 Å². The zero-order valence-corrected chi connectivity index (χ0v) is 13.1. The maximum atomic E-state index is 5.88. The van der Waals surface area contributed by atoms with E-state index in [0.717, 1.165) is 11.4 Å². The summed E-state index contributed by atoms with van der Waals surface area (Å²) in [5, 5.41) is 0. The molecular weight excluding hydrogens is 288 g/mol. The van der Waals surface area contributed by atoms with Gasteiger partial charge in [0.2, 0.25) is 17.8 Å². The van der Waals surface area contributed by atoms with Crippen LogP contribution in [0.15, 0.2) is 60.7 Å². The first-order valence-corrected chi connectivity index (χ1v) is 7.24. The molecule has 116 valence electrons. The van der Waals surface area contributed by atoms with Gasteiger partial charge >= 0.3 is 0 Å². The topological polar surface area (TPSA) is 71.2 Å². The van der Waals surface area contributed by atoms with E-state index in [-0.39, 0.29) is 5.95 Å². The van der Waals surface area contributed by atoms with Gasteiger partial charge in [-0.2, -0.15) is 15.0 Å². The minimum absolute atomic E-state index is 0.190. The number of rotatable bonds is 4. The highest BCUT2D eigenvalue weighted by Crippen LogP contribution is 2.24. The molecule has 2 aromatic carbocycles. The van der Waals surface area contributed by atoms with Gasteiger partial charge in [0.1, 0.15) is 0 Å². The van der Waals surface area contributed by atoms with Gasteiger partial charge in [-0.15, -0.1) is 0 Å². The highest BCUT2D eigenvalue weighted by molar-refractivity contribution is 5.61. The third-order valence-electron chi connectivity index (χ3n) is 3.52. The molecule has 1 heterocycles. The number of aromatic nitrogens is 3. The molecule has 0 saturated heterocycles. The predicted molar refractivity (Wildman–Crippen MR) is 93.2 cm³/mol. The highest BCUT2D eigenvalue weighted by atomic mass is 15.3. The summed E-state index contributed by atoms with van der Waals surface area (Å²) in [7, 11) is 3.80. The molecule has 0 fully saturated rings. The molecule has 0 saturated carbocycles. The minimum atomic E-state index is 0.190. The van der Waals surface area contributed by atoms with E-state index >= 15 is 0 Å². The number of para-hydroxylation sites is 2. The number of nitrogens with two attached hydrogens (primary N) is 1. The molecule has 0 aliphatic heterocycles. The lowest BCUT2D eigenvalue weighted by atomic mass is 10.3. The highest BCUT2D eigenvalue weighted by Gasteiger charge is 2.14. The lowest BCUT2D eigenvalue weighted by Crippen LogP contribution is -2.19. The predicted octanol–water partition coefficient (Wildman–Crippen LogP) is 2.99. The van der Waals surface area contributed by atoms with Gasteiger partial charge in [0, 0.05) is 25.5 Å². The average Bonchev–Trinajstić information content (AvgIpc) is 2.61.